The molecule has 0 aromatic heterocycles. The molecule has 0 aliphatic rings. The highest BCUT2D eigenvalue weighted by Crippen LogP contribution is 2.24. The third kappa shape index (κ3) is 5.29. The van der Waals surface area contributed by atoms with Crippen LogP contribution in [0.5, 0.6) is 5.75 Å². The van der Waals surface area contributed by atoms with Crippen molar-refractivity contribution in [1.82, 2.24) is 5.32 Å². The van der Waals surface area contributed by atoms with E-state index in [-0.39, 0.29) is 5.69 Å². The maximum Gasteiger partial charge on any atom is 0.270 e. The van der Waals surface area contributed by atoms with Gasteiger partial charge in [0.05, 0.1) is 11.5 Å². The lowest BCUT2D eigenvalue weighted by atomic mass is 10.1. The number of nitro benzene ring substituents is 1. The summed E-state index contributed by atoms with van der Waals surface area (Å²) >= 11 is 0. The number of nitro groups is 1. The average Bonchev–Trinajstić information content (AvgIpc) is 2.41. The van der Waals surface area contributed by atoms with E-state index in [1.165, 1.54) is 6.07 Å². The van der Waals surface area contributed by atoms with E-state index in [9.17, 15) is 10.1 Å². The molecule has 108 valence electrons. The summed E-state index contributed by atoms with van der Waals surface area (Å²) in [7, 11) is 0. The van der Waals surface area contributed by atoms with Gasteiger partial charge in [-0.25, -0.2) is 0 Å². The fourth-order valence-corrected chi connectivity index (χ4v) is 1.61. The molecule has 5 nitrogen and oxygen atoms in total. The molecule has 0 spiro atoms. The van der Waals surface area contributed by atoms with Crippen molar-refractivity contribution in [3.05, 3.63) is 33.9 Å². The van der Waals surface area contributed by atoms with Crippen LogP contribution < -0.4 is 10.1 Å². The summed E-state index contributed by atoms with van der Waals surface area (Å²) in [6.07, 6.45) is 0.643. The molecule has 1 rings (SSSR count). The average molecular weight is 276 g/mol. The lowest BCUT2D eigenvalue weighted by Gasteiger charge is -2.13. The van der Waals surface area contributed by atoms with Gasteiger partial charge in [0.2, 0.25) is 0 Å². The van der Waals surface area contributed by atoms with E-state index in [0.29, 0.717) is 31.4 Å². The van der Waals surface area contributed by atoms with Crippen LogP contribution in [0.25, 0.3) is 0 Å². The number of hydrogen-bond acceptors (Lipinski definition) is 4. The number of non-ortho nitro benzene ring substituents is 1. The van der Waals surface area contributed by atoms with Crippen molar-refractivity contribution in [1.29, 1.82) is 0 Å². The molecule has 0 aliphatic carbocycles. The minimum Gasteiger partial charge on any atom is -0.492 e. The van der Waals surface area contributed by atoms with Crippen molar-refractivity contribution in [3.63, 3.8) is 0 Å². The standard InChI is InChI=1S/C15H20N2O3/c1-4-5-6-9-20-15-8-7-14(17(18)19)10-13(15)11-16-12(2)3/h7-8,10,12,16H,6,9,11H2,1-3H3. The predicted octanol–water partition coefficient (Wildman–Crippen LogP) is 2.89. The second kappa shape index (κ2) is 8.18. The fourth-order valence-electron chi connectivity index (χ4n) is 1.61. The number of rotatable bonds is 7. The lowest BCUT2D eigenvalue weighted by Crippen LogP contribution is -2.22. The summed E-state index contributed by atoms with van der Waals surface area (Å²) < 4.78 is 5.64. The highest BCUT2D eigenvalue weighted by molar-refractivity contribution is 5.43. The minimum atomic E-state index is -0.398. The summed E-state index contributed by atoms with van der Waals surface area (Å²) in [6.45, 7) is 6.84. The Balaban J connectivity index is 2.83. The van der Waals surface area contributed by atoms with Crippen LogP contribution in [0, 0.1) is 22.0 Å². The topological polar surface area (TPSA) is 64.4 Å². The van der Waals surface area contributed by atoms with Crippen LogP contribution in [-0.2, 0) is 6.54 Å². The first-order chi connectivity index (χ1) is 9.54. The van der Waals surface area contributed by atoms with Crippen LogP contribution in [0.4, 0.5) is 5.69 Å². The molecule has 0 unspecified atom stereocenters. The largest absolute Gasteiger partial charge is 0.492 e. The van der Waals surface area contributed by atoms with Gasteiger partial charge < -0.3 is 10.1 Å². The highest BCUT2D eigenvalue weighted by atomic mass is 16.6. The summed E-state index contributed by atoms with van der Waals surface area (Å²) in [6, 6.07) is 4.96. The van der Waals surface area contributed by atoms with Crippen LogP contribution >= 0.6 is 0 Å². The zero-order valence-corrected chi connectivity index (χ0v) is 12.1. The van der Waals surface area contributed by atoms with E-state index in [4.69, 9.17) is 4.74 Å². The van der Waals surface area contributed by atoms with Crippen LogP contribution in [0.2, 0.25) is 0 Å². The van der Waals surface area contributed by atoms with Crippen molar-refractivity contribution in [2.24, 2.45) is 0 Å². The van der Waals surface area contributed by atoms with Crippen LogP contribution in [-0.4, -0.2) is 17.6 Å². The van der Waals surface area contributed by atoms with Gasteiger partial charge in [0.15, 0.2) is 0 Å². The van der Waals surface area contributed by atoms with Crippen molar-refractivity contribution in [2.75, 3.05) is 6.61 Å². The Morgan fingerprint density at radius 3 is 2.80 bits per heavy atom. The van der Waals surface area contributed by atoms with E-state index in [1.807, 2.05) is 13.8 Å². The zero-order chi connectivity index (χ0) is 15.0. The number of nitrogens with zero attached hydrogens (tertiary/aromatic N) is 1. The van der Waals surface area contributed by atoms with E-state index < -0.39 is 4.92 Å². The van der Waals surface area contributed by atoms with Gasteiger partial charge >= 0.3 is 0 Å². The molecule has 20 heavy (non-hydrogen) atoms. The molecule has 0 saturated carbocycles. The summed E-state index contributed by atoms with van der Waals surface area (Å²) in [4.78, 5) is 10.4. The quantitative estimate of drug-likeness (QED) is 0.360. The molecule has 0 bridgehead atoms. The second-order valence-electron chi connectivity index (χ2n) is 4.61. The third-order valence-corrected chi connectivity index (χ3v) is 2.62. The molecular formula is C15H20N2O3. The summed E-state index contributed by atoms with van der Waals surface area (Å²) in [5.74, 6) is 6.39. The van der Waals surface area contributed by atoms with Gasteiger partial charge in [-0.3, -0.25) is 10.1 Å². The van der Waals surface area contributed by atoms with E-state index in [1.54, 1.807) is 19.1 Å². The normalized spacial score (nSPS) is 10.0. The van der Waals surface area contributed by atoms with Gasteiger partial charge in [-0.1, -0.05) is 13.8 Å². The Kier molecular flexibility index (Phi) is 6.54. The molecule has 0 radical (unpaired) electrons. The van der Waals surface area contributed by atoms with Crippen LogP contribution in [0.15, 0.2) is 18.2 Å². The Hall–Kier alpha value is -2.06. The van der Waals surface area contributed by atoms with Gasteiger partial charge in [0, 0.05) is 36.7 Å². The maximum atomic E-state index is 10.8. The predicted molar refractivity (Wildman–Crippen MR) is 78.6 cm³/mol. The van der Waals surface area contributed by atoms with Crippen LogP contribution in [0.3, 0.4) is 0 Å². The molecule has 1 aromatic rings. The minimum absolute atomic E-state index is 0.0752. The smallest absolute Gasteiger partial charge is 0.270 e. The van der Waals surface area contributed by atoms with Crippen molar-refractivity contribution in [2.45, 2.75) is 39.8 Å². The van der Waals surface area contributed by atoms with Gasteiger partial charge in [-0.05, 0) is 13.0 Å². The highest BCUT2D eigenvalue weighted by Gasteiger charge is 2.12. The Labute approximate surface area is 119 Å². The molecule has 0 atom stereocenters. The molecule has 0 fully saturated rings. The van der Waals surface area contributed by atoms with Gasteiger partial charge in [0.25, 0.3) is 5.69 Å². The number of benzene rings is 1. The maximum absolute atomic E-state index is 10.8. The third-order valence-electron chi connectivity index (χ3n) is 2.62. The van der Waals surface area contributed by atoms with Crippen LogP contribution in [0.1, 0.15) is 32.8 Å². The first-order valence-electron chi connectivity index (χ1n) is 6.57. The molecule has 5 heteroatoms. The Morgan fingerprint density at radius 2 is 2.20 bits per heavy atom. The molecule has 1 aromatic carbocycles. The van der Waals surface area contributed by atoms with Gasteiger partial charge in [-0.2, -0.15) is 0 Å². The van der Waals surface area contributed by atoms with E-state index in [0.717, 1.165) is 5.56 Å². The molecule has 0 amide bonds. The zero-order valence-electron chi connectivity index (χ0n) is 12.1. The SMILES string of the molecule is CC#CCCOc1ccc([N+](=O)[O-])cc1CNC(C)C. The lowest BCUT2D eigenvalue weighted by molar-refractivity contribution is -0.384. The Bertz CT molecular complexity index is 516. The fraction of sp³-hybridized carbons (Fsp3) is 0.467. The molecule has 1 N–H and O–H groups in total. The number of ether oxygens (including phenoxy) is 1. The van der Waals surface area contributed by atoms with Gasteiger partial charge in [-0.15, -0.1) is 11.8 Å². The number of hydrogen-bond donors (Lipinski definition) is 1. The monoisotopic (exact) mass is 276 g/mol. The first kappa shape index (κ1) is 16.0. The number of nitrogens with one attached hydrogen (secondary N) is 1. The van der Waals surface area contributed by atoms with Crippen molar-refractivity contribution in [3.8, 4) is 17.6 Å². The molecular weight excluding hydrogens is 256 g/mol. The molecule has 0 saturated heterocycles. The first-order valence-corrected chi connectivity index (χ1v) is 6.57. The van der Waals surface area contributed by atoms with E-state index in [2.05, 4.69) is 17.2 Å². The molecule has 0 heterocycles. The van der Waals surface area contributed by atoms with Gasteiger partial charge in [0.1, 0.15) is 5.75 Å². The van der Waals surface area contributed by atoms with Crippen molar-refractivity contribution >= 4 is 5.69 Å². The van der Waals surface area contributed by atoms with Crippen molar-refractivity contribution < 1.29 is 9.66 Å². The molecule has 0 aliphatic heterocycles. The summed E-state index contributed by atoms with van der Waals surface area (Å²) in [5, 5.41) is 14.1. The van der Waals surface area contributed by atoms with E-state index >= 15 is 0 Å². The second-order valence-corrected chi connectivity index (χ2v) is 4.61. The summed E-state index contributed by atoms with van der Waals surface area (Å²) in [5.41, 5.74) is 0.864. The Morgan fingerprint density at radius 1 is 1.45 bits per heavy atom.